The number of fused-ring (bicyclic) bond motifs is 1. The van der Waals surface area contributed by atoms with Crippen LogP contribution in [0.4, 0.5) is 5.95 Å². The number of hydrogen-bond donors (Lipinski definition) is 1. The van der Waals surface area contributed by atoms with Crippen molar-refractivity contribution in [3.63, 3.8) is 0 Å². The highest BCUT2D eigenvalue weighted by atomic mass is 16.1. The van der Waals surface area contributed by atoms with Gasteiger partial charge >= 0.3 is 0 Å². The molecule has 1 aliphatic carbocycles. The summed E-state index contributed by atoms with van der Waals surface area (Å²) in [6, 6.07) is 8.72. The Morgan fingerprint density at radius 1 is 1.16 bits per heavy atom. The molecule has 0 spiro atoms. The van der Waals surface area contributed by atoms with Crippen LogP contribution in [0.2, 0.25) is 0 Å². The zero-order valence-electron chi connectivity index (χ0n) is 15.1. The molecule has 1 aromatic carbocycles. The lowest BCUT2D eigenvalue weighted by Gasteiger charge is -2.32. The van der Waals surface area contributed by atoms with E-state index in [9.17, 15) is 4.79 Å². The number of aromatic nitrogens is 2. The maximum atomic E-state index is 12.2. The van der Waals surface area contributed by atoms with Gasteiger partial charge < -0.3 is 14.8 Å². The fourth-order valence-corrected chi connectivity index (χ4v) is 4.37. The lowest BCUT2D eigenvalue weighted by Crippen LogP contribution is -2.38. The first-order valence-electron chi connectivity index (χ1n) is 9.66. The van der Waals surface area contributed by atoms with E-state index in [1.54, 1.807) is 0 Å². The normalized spacial score (nSPS) is 19.6. The number of aryl methyl sites for hydroxylation is 1. The van der Waals surface area contributed by atoms with E-state index in [1.165, 1.54) is 18.4 Å². The SMILES string of the molecule is Cn1c(N2CCC(CC(=O)NC3CCCC3)CC2)nc2ccccc21. The minimum Gasteiger partial charge on any atom is -0.353 e. The van der Waals surface area contributed by atoms with Gasteiger partial charge in [0.25, 0.3) is 0 Å². The number of piperidine rings is 1. The summed E-state index contributed by atoms with van der Waals surface area (Å²) < 4.78 is 2.18. The number of rotatable bonds is 4. The summed E-state index contributed by atoms with van der Waals surface area (Å²) in [6.45, 7) is 1.97. The van der Waals surface area contributed by atoms with Crippen LogP contribution in [0.5, 0.6) is 0 Å². The van der Waals surface area contributed by atoms with Gasteiger partial charge in [-0.25, -0.2) is 4.98 Å². The Bertz CT molecular complexity index is 739. The Kier molecular flexibility index (Phi) is 4.64. The van der Waals surface area contributed by atoms with Gasteiger partial charge in [-0.1, -0.05) is 25.0 Å². The number of nitrogens with one attached hydrogen (secondary N) is 1. The molecule has 134 valence electrons. The second-order valence-corrected chi connectivity index (χ2v) is 7.64. The lowest BCUT2D eigenvalue weighted by atomic mass is 9.93. The van der Waals surface area contributed by atoms with Crippen LogP contribution in [0.1, 0.15) is 44.9 Å². The molecule has 1 N–H and O–H groups in total. The molecule has 5 heteroatoms. The number of carbonyl (C=O) groups is 1. The second kappa shape index (κ2) is 7.06. The third-order valence-electron chi connectivity index (χ3n) is 5.86. The van der Waals surface area contributed by atoms with Crippen LogP contribution < -0.4 is 10.2 Å². The van der Waals surface area contributed by atoms with Crippen molar-refractivity contribution in [1.29, 1.82) is 0 Å². The summed E-state index contributed by atoms with van der Waals surface area (Å²) >= 11 is 0. The van der Waals surface area contributed by atoms with E-state index >= 15 is 0 Å². The van der Waals surface area contributed by atoms with Gasteiger partial charge in [-0.15, -0.1) is 0 Å². The second-order valence-electron chi connectivity index (χ2n) is 7.64. The van der Waals surface area contributed by atoms with E-state index in [0.717, 1.165) is 50.2 Å². The van der Waals surface area contributed by atoms with Crippen LogP contribution in [-0.4, -0.2) is 34.6 Å². The molecule has 25 heavy (non-hydrogen) atoms. The Hall–Kier alpha value is -2.04. The van der Waals surface area contributed by atoms with Crippen LogP contribution in [0.25, 0.3) is 11.0 Å². The molecule has 0 unspecified atom stereocenters. The number of benzene rings is 1. The molecule has 0 radical (unpaired) electrons. The molecule has 1 saturated carbocycles. The molecule has 4 rings (SSSR count). The molecular weight excluding hydrogens is 312 g/mol. The molecule has 2 heterocycles. The standard InChI is InChI=1S/C20H28N4O/c1-23-18-9-5-4-8-17(18)22-20(23)24-12-10-15(11-13-24)14-19(25)21-16-6-2-3-7-16/h4-5,8-9,15-16H,2-3,6-7,10-14H2,1H3,(H,21,25). The van der Waals surface area contributed by atoms with E-state index in [2.05, 4.69) is 40.0 Å². The number of para-hydroxylation sites is 2. The summed E-state index contributed by atoms with van der Waals surface area (Å²) in [5, 5.41) is 3.23. The largest absolute Gasteiger partial charge is 0.353 e. The van der Waals surface area contributed by atoms with Crippen molar-refractivity contribution in [1.82, 2.24) is 14.9 Å². The first kappa shape index (κ1) is 16.4. The highest BCUT2D eigenvalue weighted by molar-refractivity contribution is 5.79. The van der Waals surface area contributed by atoms with Gasteiger partial charge in [-0.3, -0.25) is 4.79 Å². The van der Waals surface area contributed by atoms with E-state index in [0.29, 0.717) is 18.4 Å². The average Bonchev–Trinajstić information content (AvgIpc) is 3.24. The van der Waals surface area contributed by atoms with Crippen LogP contribution in [0, 0.1) is 5.92 Å². The highest BCUT2D eigenvalue weighted by Crippen LogP contribution is 2.27. The quantitative estimate of drug-likeness (QED) is 0.929. The molecule has 2 fully saturated rings. The van der Waals surface area contributed by atoms with Crippen LogP contribution in [0.15, 0.2) is 24.3 Å². The molecule has 2 aliphatic rings. The average molecular weight is 340 g/mol. The first-order valence-corrected chi connectivity index (χ1v) is 9.66. The summed E-state index contributed by atoms with van der Waals surface area (Å²) in [5.41, 5.74) is 2.23. The molecule has 1 saturated heterocycles. The Labute approximate surface area is 149 Å². The van der Waals surface area contributed by atoms with Crippen molar-refractivity contribution < 1.29 is 4.79 Å². The van der Waals surface area contributed by atoms with E-state index in [4.69, 9.17) is 4.98 Å². The Morgan fingerprint density at radius 3 is 2.60 bits per heavy atom. The van der Waals surface area contributed by atoms with Crippen molar-refractivity contribution in [2.75, 3.05) is 18.0 Å². The van der Waals surface area contributed by atoms with Crippen molar-refractivity contribution in [3.05, 3.63) is 24.3 Å². The molecular formula is C20H28N4O. The summed E-state index contributed by atoms with van der Waals surface area (Å²) in [4.78, 5) is 19.4. The number of carbonyl (C=O) groups excluding carboxylic acids is 1. The third-order valence-corrected chi connectivity index (χ3v) is 5.86. The highest BCUT2D eigenvalue weighted by Gasteiger charge is 2.25. The number of nitrogens with zero attached hydrogens (tertiary/aromatic N) is 3. The number of imidazole rings is 1. The zero-order valence-corrected chi connectivity index (χ0v) is 15.1. The van der Waals surface area contributed by atoms with E-state index < -0.39 is 0 Å². The Balaban J connectivity index is 1.33. The number of hydrogen-bond acceptors (Lipinski definition) is 3. The van der Waals surface area contributed by atoms with Crippen LogP contribution in [-0.2, 0) is 11.8 Å². The summed E-state index contributed by atoms with van der Waals surface area (Å²) in [5.74, 6) is 1.82. The van der Waals surface area contributed by atoms with Crippen molar-refractivity contribution in [3.8, 4) is 0 Å². The van der Waals surface area contributed by atoms with Gasteiger partial charge in [0.15, 0.2) is 0 Å². The number of amides is 1. The third kappa shape index (κ3) is 3.51. The maximum absolute atomic E-state index is 12.2. The molecule has 1 aromatic heterocycles. The molecule has 0 atom stereocenters. The van der Waals surface area contributed by atoms with Crippen LogP contribution in [0.3, 0.4) is 0 Å². The molecule has 1 amide bonds. The van der Waals surface area contributed by atoms with Gasteiger partial charge in [0, 0.05) is 32.6 Å². The minimum atomic E-state index is 0.257. The smallest absolute Gasteiger partial charge is 0.220 e. The fourth-order valence-electron chi connectivity index (χ4n) is 4.37. The van der Waals surface area contributed by atoms with Gasteiger partial charge in [0.1, 0.15) is 0 Å². The maximum Gasteiger partial charge on any atom is 0.220 e. The van der Waals surface area contributed by atoms with E-state index in [-0.39, 0.29) is 5.91 Å². The Morgan fingerprint density at radius 2 is 1.88 bits per heavy atom. The summed E-state index contributed by atoms with van der Waals surface area (Å²) in [7, 11) is 2.09. The van der Waals surface area contributed by atoms with Gasteiger partial charge in [0.2, 0.25) is 11.9 Å². The minimum absolute atomic E-state index is 0.257. The molecule has 0 bridgehead atoms. The number of anilines is 1. The predicted octanol–water partition coefficient (Wildman–Crippen LogP) is 3.24. The van der Waals surface area contributed by atoms with E-state index in [1.807, 2.05) is 6.07 Å². The van der Waals surface area contributed by atoms with Gasteiger partial charge in [0.05, 0.1) is 11.0 Å². The zero-order chi connectivity index (χ0) is 17.2. The van der Waals surface area contributed by atoms with Crippen molar-refractivity contribution in [2.24, 2.45) is 13.0 Å². The van der Waals surface area contributed by atoms with Gasteiger partial charge in [-0.2, -0.15) is 0 Å². The van der Waals surface area contributed by atoms with Crippen molar-refractivity contribution in [2.45, 2.75) is 51.0 Å². The molecule has 1 aliphatic heterocycles. The lowest BCUT2D eigenvalue weighted by molar-refractivity contribution is -0.122. The topological polar surface area (TPSA) is 50.2 Å². The monoisotopic (exact) mass is 340 g/mol. The first-order chi connectivity index (χ1) is 12.2. The molecule has 2 aromatic rings. The fraction of sp³-hybridized carbons (Fsp3) is 0.600. The van der Waals surface area contributed by atoms with Crippen LogP contribution >= 0.6 is 0 Å². The summed E-state index contributed by atoms with van der Waals surface area (Å²) in [6.07, 6.45) is 7.69. The van der Waals surface area contributed by atoms with Gasteiger partial charge in [-0.05, 0) is 43.7 Å². The molecule has 5 nitrogen and oxygen atoms in total. The van der Waals surface area contributed by atoms with Crippen molar-refractivity contribution >= 4 is 22.9 Å². The predicted molar refractivity (Wildman–Crippen MR) is 101 cm³/mol.